The van der Waals surface area contributed by atoms with E-state index in [-0.39, 0.29) is 23.5 Å². The summed E-state index contributed by atoms with van der Waals surface area (Å²) in [5.74, 6) is 0.635. The lowest BCUT2D eigenvalue weighted by molar-refractivity contribution is -0.767. The van der Waals surface area contributed by atoms with Crippen molar-refractivity contribution in [2.75, 3.05) is 32.0 Å². The van der Waals surface area contributed by atoms with Crippen molar-refractivity contribution in [3.63, 3.8) is 0 Å². The number of benzene rings is 1. The molecule has 0 spiro atoms. The highest BCUT2D eigenvalue weighted by atomic mass is 35.5. The van der Waals surface area contributed by atoms with Crippen LogP contribution in [-0.4, -0.2) is 65.6 Å². The van der Waals surface area contributed by atoms with Crippen LogP contribution in [0.3, 0.4) is 0 Å². The third-order valence-electron chi connectivity index (χ3n) is 4.56. The van der Waals surface area contributed by atoms with Gasteiger partial charge in [-0.1, -0.05) is 24.1 Å². The maximum absolute atomic E-state index is 11.9. The zero-order chi connectivity index (χ0) is 21.9. The molecule has 3 unspecified atom stereocenters. The minimum atomic E-state index is -0.760. The molecule has 11 heteroatoms. The first-order valence-corrected chi connectivity index (χ1v) is 11.2. The molecule has 1 aromatic rings. The van der Waals surface area contributed by atoms with Gasteiger partial charge in [-0.05, 0) is 37.5 Å². The van der Waals surface area contributed by atoms with E-state index in [1.54, 1.807) is 6.07 Å². The van der Waals surface area contributed by atoms with Crippen molar-refractivity contribution in [2.24, 2.45) is 0 Å². The molecular formula is C19H28ClN3O6S. The van der Waals surface area contributed by atoms with Crippen molar-refractivity contribution in [1.29, 1.82) is 0 Å². The van der Waals surface area contributed by atoms with Gasteiger partial charge in [0.2, 0.25) is 5.91 Å². The maximum Gasteiger partial charge on any atom is 0.294 e. The van der Waals surface area contributed by atoms with E-state index < -0.39 is 17.3 Å². The highest BCUT2D eigenvalue weighted by Crippen LogP contribution is 2.32. The number of halogens is 1. The van der Waals surface area contributed by atoms with E-state index >= 15 is 0 Å². The van der Waals surface area contributed by atoms with E-state index in [1.807, 2.05) is 19.1 Å². The van der Waals surface area contributed by atoms with Gasteiger partial charge >= 0.3 is 0 Å². The number of carbonyl (C=O) groups is 1. The van der Waals surface area contributed by atoms with Crippen molar-refractivity contribution in [1.82, 2.24) is 10.6 Å². The van der Waals surface area contributed by atoms with E-state index in [0.717, 1.165) is 18.4 Å². The van der Waals surface area contributed by atoms with Crippen LogP contribution < -0.4 is 15.4 Å². The Hall–Kier alpha value is -1.75. The van der Waals surface area contributed by atoms with Gasteiger partial charge in [-0.3, -0.25) is 4.79 Å². The standard InChI is InChI=1S/C19H28ClN3O6S/c1-13-5-6-15(20)17(9-13)28-11-14(24)10-21-7-8-22-19(25)12-30-18-4-2-3-16(18)29-23(26)27/h5-6,9,14,16,18,21,24H,2-4,7-8,10-12H2,1H3,(H,22,25). The van der Waals surface area contributed by atoms with Crippen molar-refractivity contribution < 1.29 is 24.6 Å². The zero-order valence-corrected chi connectivity index (χ0v) is 18.4. The topological polar surface area (TPSA) is 123 Å². The van der Waals surface area contributed by atoms with E-state index in [1.165, 1.54) is 11.8 Å². The van der Waals surface area contributed by atoms with Gasteiger partial charge in [0.25, 0.3) is 5.09 Å². The Morgan fingerprint density at radius 1 is 1.43 bits per heavy atom. The van der Waals surface area contributed by atoms with Gasteiger partial charge in [0, 0.05) is 24.9 Å². The third-order valence-corrected chi connectivity index (χ3v) is 6.27. The molecule has 168 valence electrons. The predicted molar refractivity (Wildman–Crippen MR) is 116 cm³/mol. The summed E-state index contributed by atoms with van der Waals surface area (Å²) in [7, 11) is 0. The Labute approximate surface area is 184 Å². The van der Waals surface area contributed by atoms with Gasteiger partial charge < -0.3 is 25.3 Å². The minimum absolute atomic E-state index is 0.0312. The highest BCUT2D eigenvalue weighted by Gasteiger charge is 2.31. The van der Waals surface area contributed by atoms with Crippen molar-refractivity contribution in [3.8, 4) is 5.75 Å². The van der Waals surface area contributed by atoms with Crippen LogP contribution in [0.15, 0.2) is 18.2 Å². The number of thioether (sulfide) groups is 1. The third kappa shape index (κ3) is 8.95. The average Bonchev–Trinajstić information content (AvgIpc) is 3.13. The average molecular weight is 462 g/mol. The molecule has 1 aromatic carbocycles. The van der Waals surface area contributed by atoms with Crippen molar-refractivity contribution in [3.05, 3.63) is 38.9 Å². The van der Waals surface area contributed by atoms with Crippen LogP contribution in [0.4, 0.5) is 0 Å². The predicted octanol–water partition coefficient (Wildman–Crippen LogP) is 1.96. The Morgan fingerprint density at radius 3 is 3.00 bits per heavy atom. The number of ether oxygens (including phenoxy) is 1. The van der Waals surface area contributed by atoms with Crippen LogP contribution in [-0.2, 0) is 9.63 Å². The van der Waals surface area contributed by atoms with Gasteiger partial charge in [-0.25, -0.2) is 0 Å². The number of aliphatic hydroxyl groups is 1. The number of carbonyl (C=O) groups excluding carboxylic acids is 1. The summed E-state index contributed by atoms with van der Waals surface area (Å²) in [5, 5.41) is 26.0. The zero-order valence-electron chi connectivity index (χ0n) is 16.8. The van der Waals surface area contributed by atoms with Crippen LogP contribution in [0.25, 0.3) is 0 Å². The van der Waals surface area contributed by atoms with Crippen LogP contribution in [0.2, 0.25) is 5.02 Å². The molecule has 0 bridgehead atoms. The first-order valence-electron chi connectivity index (χ1n) is 9.82. The molecular weight excluding hydrogens is 434 g/mol. The Bertz CT molecular complexity index is 711. The normalized spacial score (nSPS) is 19.3. The molecule has 3 atom stereocenters. The van der Waals surface area contributed by atoms with Gasteiger partial charge in [-0.15, -0.1) is 21.9 Å². The van der Waals surface area contributed by atoms with E-state index in [4.69, 9.17) is 16.3 Å². The quantitative estimate of drug-likeness (QED) is 0.231. The Balaban J connectivity index is 1.53. The molecule has 2 rings (SSSR count). The summed E-state index contributed by atoms with van der Waals surface area (Å²) in [4.78, 5) is 27.1. The SMILES string of the molecule is Cc1ccc(Cl)c(OCC(O)CNCCNC(=O)CSC2CCCC2O[N+](=O)[O-])c1. The lowest BCUT2D eigenvalue weighted by Gasteiger charge is -2.17. The fourth-order valence-electron chi connectivity index (χ4n) is 3.07. The second kappa shape index (κ2) is 12.8. The number of aryl methyl sites for hydroxylation is 1. The summed E-state index contributed by atoms with van der Waals surface area (Å²) < 4.78 is 5.54. The van der Waals surface area contributed by atoms with Crippen molar-refractivity contribution >= 4 is 29.3 Å². The molecule has 1 amide bonds. The number of hydrogen-bond donors (Lipinski definition) is 3. The van der Waals surface area contributed by atoms with Gasteiger partial charge in [-0.2, -0.15) is 0 Å². The fourth-order valence-corrected chi connectivity index (χ4v) is 4.45. The molecule has 30 heavy (non-hydrogen) atoms. The number of amides is 1. The second-order valence-electron chi connectivity index (χ2n) is 7.10. The van der Waals surface area contributed by atoms with Gasteiger partial charge in [0.05, 0.1) is 10.8 Å². The summed E-state index contributed by atoms with van der Waals surface area (Å²) in [6, 6.07) is 5.44. The molecule has 1 aliphatic carbocycles. The molecule has 0 radical (unpaired) electrons. The monoisotopic (exact) mass is 461 g/mol. The minimum Gasteiger partial charge on any atom is -0.489 e. The van der Waals surface area contributed by atoms with Crippen LogP contribution >= 0.6 is 23.4 Å². The molecule has 1 aliphatic rings. The summed E-state index contributed by atoms with van der Waals surface area (Å²) in [6.45, 7) is 3.26. The first kappa shape index (κ1) is 24.5. The fraction of sp³-hybridized carbons (Fsp3) is 0.632. The molecule has 0 heterocycles. The van der Waals surface area contributed by atoms with Gasteiger partial charge in [0.15, 0.2) is 0 Å². The van der Waals surface area contributed by atoms with Crippen LogP contribution in [0, 0.1) is 17.0 Å². The number of rotatable bonds is 13. The Kier molecular flexibility index (Phi) is 10.5. The van der Waals surface area contributed by atoms with Crippen LogP contribution in [0.5, 0.6) is 5.75 Å². The highest BCUT2D eigenvalue weighted by molar-refractivity contribution is 8.00. The lowest BCUT2D eigenvalue weighted by atomic mass is 10.2. The smallest absolute Gasteiger partial charge is 0.294 e. The van der Waals surface area contributed by atoms with E-state index in [0.29, 0.717) is 36.8 Å². The van der Waals surface area contributed by atoms with Crippen LogP contribution in [0.1, 0.15) is 24.8 Å². The van der Waals surface area contributed by atoms with Gasteiger partial charge in [0.1, 0.15) is 24.6 Å². The van der Waals surface area contributed by atoms with Crippen molar-refractivity contribution in [2.45, 2.75) is 43.6 Å². The summed E-state index contributed by atoms with van der Waals surface area (Å²) in [6.07, 6.45) is 1.17. The Morgan fingerprint density at radius 2 is 2.23 bits per heavy atom. The molecule has 1 fully saturated rings. The van der Waals surface area contributed by atoms with E-state index in [9.17, 15) is 20.0 Å². The number of aliphatic hydroxyl groups excluding tert-OH is 1. The maximum atomic E-state index is 11.9. The first-order chi connectivity index (χ1) is 14.3. The second-order valence-corrected chi connectivity index (χ2v) is 8.74. The molecule has 9 nitrogen and oxygen atoms in total. The molecule has 0 aliphatic heterocycles. The molecule has 0 saturated heterocycles. The lowest BCUT2D eigenvalue weighted by Crippen LogP contribution is -2.37. The molecule has 3 N–H and O–H groups in total. The summed E-state index contributed by atoms with van der Waals surface area (Å²) in [5.41, 5.74) is 1.02. The number of hydrogen-bond acceptors (Lipinski definition) is 8. The molecule has 1 saturated carbocycles. The van der Waals surface area contributed by atoms with E-state index in [2.05, 4.69) is 15.5 Å². The molecule has 0 aromatic heterocycles. The largest absolute Gasteiger partial charge is 0.489 e. The summed E-state index contributed by atoms with van der Waals surface area (Å²) >= 11 is 7.44. The number of nitrogens with one attached hydrogen (secondary N) is 2. The number of nitrogens with zero attached hydrogens (tertiary/aromatic N) is 1.